The minimum atomic E-state index is -4.55. The number of nitrogens with zero attached hydrogens (tertiary/aromatic N) is 3. The van der Waals surface area contributed by atoms with Gasteiger partial charge in [-0.25, -0.2) is 4.98 Å². The Bertz CT molecular complexity index is 591. The maximum Gasteiger partial charge on any atom is 0.435 e. The Morgan fingerprint density at radius 2 is 1.38 bits per heavy atom. The number of alkyl halides is 6. The molecule has 0 amide bonds. The van der Waals surface area contributed by atoms with Crippen LogP contribution in [0.1, 0.15) is 11.3 Å². The molecule has 0 aromatic carbocycles. The molecule has 2 aromatic heterocycles. The van der Waals surface area contributed by atoms with Crippen LogP contribution in [0.5, 0.6) is 0 Å². The highest BCUT2D eigenvalue weighted by molar-refractivity contribution is 5.37. The third-order valence-electron chi connectivity index (χ3n) is 2.78. The first kappa shape index (κ1) is 17.8. The Morgan fingerprint density at radius 1 is 0.750 bits per heavy atom. The second-order valence-electron chi connectivity index (χ2n) is 4.59. The Kier molecular flexibility index (Phi) is 5.10. The molecule has 0 spiro atoms. The van der Waals surface area contributed by atoms with Crippen molar-refractivity contribution in [1.82, 2.24) is 15.2 Å². The van der Waals surface area contributed by atoms with Crippen LogP contribution in [0, 0.1) is 0 Å². The zero-order valence-electron chi connectivity index (χ0n) is 11.9. The summed E-state index contributed by atoms with van der Waals surface area (Å²) < 4.78 is 74.0. The summed E-state index contributed by atoms with van der Waals surface area (Å²) in [5, 5.41) is 11.9. The van der Waals surface area contributed by atoms with Crippen LogP contribution >= 0.6 is 0 Å². The summed E-state index contributed by atoms with van der Waals surface area (Å²) in [6.07, 6.45) is -8.30. The van der Waals surface area contributed by atoms with Crippen molar-refractivity contribution in [2.75, 3.05) is 23.7 Å². The van der Waals surface area contributed by atoms with Crippen molar-refractivity contribution in [3.63, 3.8) is 0 Å². The van der Waals surface area contributed by atoms with Gasteiger partial charge in [-0.3, -0.25) is 0 Å². The van der Waals surface area contributed by atoms with E-state index in [2.05, 4.69) is 25.8 Å². The Balaban J connectivity index is 1.79. The smallest absolute Gasteiger partial charge is 0.368 e. The van der Waals surface area contributed by atoms with Gasteiger partial charge in [-0.1, -0.05) is 0 Å². The van der Waals surface area contributed by atoms with E-state index in [4.69, 9.17) is 0 Å². The number of hydrogen-bond acceptors (Lipinski definition) is 5. The van der Waals surface area contributed by atoms with Gasteiger partial charge in [0.25, 0.3) is 0 Å². The SMILES string of the molecule is FC(F)(F)c1ccc(NCCNc2ccc(C(F)(F)F)nn2)nc1. The molecule has 0 fully saturated rings. The molecule has 0 atom stereocenters. The van der Waals surface area contributed by atoms with Crippen LogP contribution in [-0.4, -0.2) is 28.3 Å². The summed E-state index contributed by atoms with van der Waals surface area (Å²) in [5.41, 5.74) is -1.95. The molecule has 2 heterocycles. The molecule has 0 unspecified atom stereocenters. The molecule has 11 heteroatoms. The van der Waals surface area contributed by atoms with E-state index in [9.17, 15) is 26.3 Å². The normalized spacial score (nSPS) is 12.1. The lowest BCUT2D eigenvalue weighted by Crippen LogP contribution is -2.16. The number of anilines is 2. The van der Waals surface area contributed by atoms with Gasteiger partial charge in [-0.15, -0.1) is 10.2 Å². The number of rotatable bonds is 5. The lowest BCUT2D eigenvalue weighted by Gasteiger charge is -2.10. The maximum absolute atomic E-state index is 12.4. The molecule has 5 nitrogen and oxygen atoms in total. The molecule has 2 rings (SSSR count). The maximum atomic E-state index is 12.4. The molecular weight excluding hydrogens is 340 g/mol. The van der Waals surface area contributed by atoms with Crippen LogP contribution < -0.4 is 10.6 Å². The van der Waals surface area contributed by atoms with Crippen molar-refractivity contribution in [2.45, 2.75) is 12.4 Å². The van der Waals surface area contributed by atoms with E-state index in [0.717, 1.165) is 18.2 Å². The number of halogens is 6. The topological polar surface area (TPSA) is 62.7 Å². The zero-order chi connectivity index (χ0) is 17.8. The third kappa shape index (κ3) is 4.96. The van der Waals surface area contributed by atoms with E-state index in [0.29, 0.717) is 6.20 Å². The van der Waals surface area contributed by atoms with Gasteiger partial charge >= 0.3 is 12.4 Å². The average molecular weight is 351 g/mol. The highest BCUT2D eigenvalue weighted by Crippen LogP contribution is 2.29. The quantitative estimate of drug-likeness (QED) is 0.638. The minimum Gasteiger partial charge on any atom is -0.368 e. The van der Waals surface area contributed by atoms with Crippen LogP contribution in [0.4, 0.5) is 38.0 Å². The zero-order valence-corrected chi connectivity index (χ0v) is 11.9. The molecule has 0 aliphatic heterocycles. The molecule has 0 saturated carbocycles. The van der Waals surface area contributed by atoms with E-state index in [1.54, 1.807) is 0 Å². The van der Waals surface area contributed by atoms with Gasteiger partial charge in [0.15, 0.2) is 5.69 Å². The molecule has 2 aromatic rings. The predicted octanol–water partition coefficient (Wildman–Crippen LogP) is 3.43. The molecule has 24 heavy (non-hydrogen) atoms. The minimum absolute atomic E-state index is 0.144. The van der Waals surface area contributed by atoms with Crippen molar-refractivity contribution in [2.24, 2.45) is 0 Å². The fourth-order valence-corrected chi connectivity index (χ4v) is 1.62. The van der Waals surface area contributed by atoms with E-state index in [1.807, 2.05) is 0 Å². The van der Waals surface area contributed by atoms with Crippen molar-refractivity contribution >= 4 is 11.6 Å². The van der Waals surface area contributed by atoms with Crippen LogP contribution in [0.2, 0.25) is 0 Å². The second kappa shape index (κ2) is 6.89. The summed E-state index contributed by atoms with van der Waals surface area (Å²) in [6.45, 7) is 0.518. The van der Waals surface area contributed by atoms with Crippen LogP contribution in [0.15, 0.2) is 30.5 Å². The van der Waals surface area contributed by atoms with E-state index in [1.165, 1.54) is 6.07 Å². The Hall–Kier alpha value is -2.59. The molecule has 0 bridgehead atoms. The molecule has 0 saturated heterocycles. The van der Waals surface area contributed by atoms with Crippen LogP contribution in [-0.2, 0) is 12.4 Å². The van der Waals surface area contributed by atoms with Gasteiger partial charge in [0.2, 0.25) is 0 Å². The van der Waals surface area contributed by atoms with Crippen molar-refractivity contribution in [3.05, 3.63) is 41.7 Å². The van der Waals surface area contributed by atoms with Gasteiger partial charge in [-0.05, 0) is 24.3 Å². The van der Waals surface area contributed by atoms with Crippen LogP contribution in [0.25, 0.3) is 0 Å². The number of hydrogen-bond donors (Lipinski definition) is 2. The Labute approximate surface area is 132 Å². The lowest BCUT2D eigenvalue weighted by atomic mass is 10.3. The molecule has 2 N–H and O–H groups in total. The van der Waals surface area contributed by atoms with Crippen molar-refractivity contribution in [3.8, 4) is 0 Å². The highest BCUT2D eigenvalue weighted by Gasteiger charge is 2.33. The molecular formula is C13H11F6N5. The van der Waals surface area contributed by atoms with E-state index in [-0.39, 0.29) is 24.7 Å². The number of pyridine rings is 1. The van der Waals surface area contributed by atoms with E-state index < -0.39 is 23.6 Å². The van der Waals surface area contributed by atoms with Gasteiger partial charge in [0, 0.05) is 19.3 Å². The van der Waals surface area contributed by atoms with Crippen molar-refractivity contribution in [1.29, 1.82) is 0 Å². The van der Waals surface area contributed by atoms with Gasteiger partial charge in [0.1, 0.15) is 11.6 Å². The predicted molar refractivity (Wildman–Crippen MR) is 73.3 cm³/mol. The van der Waals surface area contributed by atoms with Gasteiger partial charge in [-0.2, -0.15) is 26.3 Å². The average Bonchev–Trinajstić information content (AvgIpc) is 2.51. The summed E-state index contributed by atoms with van der Waals surface area (Å²) in [6, 6.07) is 4.00. The monoisotopic (exact) mass is 351 g/mol. The Morgan fingerprint density at radius 3 is 1.83 bits per heavy atom. The first-order valence-corrected chi connectivity index (χ1v) is 6.58. The van der Waals surface area contributed by atoms with Crippen LogP contribution in [0.3, 0.4) is 0 Å². The van der Waals surface area contributed by atoms with Gasteiger partial charge < -0.3 is 10.6 Å². The number of aromatic nitrogens is 3. The summed E-state index contributed by atoms with van der Waals surface area (Å²) in [5.74, 6) is 0.383. The molecule has 0 aliphatic rings. The summed E-state index contributed by atoms with van der Waals surface area (Å²) >= 11 is 0. The fourth-order valence-electron chi connectivity index (χ4n) is 1.62. The second-order valence-corrected chi connectivity index (χ2v) is 4.59. The third-order valence-corrected chi connectivity index (χ3v) is 2.78. The first-order valence-electron chi connectivity index (χ1n) is 6.58. The van der Waals surface area contributed by atoms with Gasteiger partial charge in [0.05, 0.1) is 5.56 Å². The molecule has 0 radical (unpaired) electrons. The standard InChI is InChI=1S/C13H11F6N5/c14-12(15,16)8-1-3-10(22-7-8)20-5-6-21-11-4-2-9(23-24-11)13(17,18)19/h1-4,7H,5-6H2,(H,20,22)(H,21,24). The highest BCUT2D eigenvalue weighted by atomic mass is 19.4. The lowest BCUT2D eigenvalue weighted by molar-refractivity contribution is -0.141. The molecule has 130 valence electrons. The molecule has 0 aliphatic carbocycles. The largest absolute Gasteiger partial charge is 0.435 e. The first-order chi connectivity index (χ1) is 11.2. The van der Waals surface area contributed by atoms with Crippen molar-refractivity contribution < 1.29 is 26.3 Å². The summed E-state index contributed by atoms with van der Waals surface area (Å²) in [4.78, 5) is 3.62. The van der Waals surface area contributed by atoms with E-state index >= 15 is 0 Å². The summed E-state index contributed by atoms with van der Waals surface area (Å²) in [7, 11) is 0. The number of nitrogens with one attached hydrogen (secondary N) is 2. The fraction of sp³-hybridized carbons (Fsp3) is 0.308.